The monoisotopic (exact) mass is 287 g/mol. The van der Waals surface area contributed by atoms with Gasteiger partial charge in [0.15, 0.2) is 0 Å². The molecule has 1 aromatic heterocycles. The van der Waals surface area contributed by atoms with Crippen LogP contribution in [0.1, 0.15) is 38.8 Å². The van der Waals surface area contributed by atoms with Gasteiger partial charge in [-0.05, 0) is 44.0 Å². The lowest BCUT2D eigenvalue weighted by atomic mass is 10.3. The Balaban J connectivity index is 2.13. The van der Waals surface area contributed by atoms with E-state index in [0.717, 1.165) is 49.1 Å². The molecule has 0 unspecified atom stereocenters. The number of nitrogens with zero attached hydrogens (tertiary/aromatic N) is 2. The van der Waals surface area contributed by atoms with Crippen molar-refractivity contribution in [2.24, 2.45) is 0 Å². The Kier molecular flexibility index (Phi) is 5.67. The van der Waals surface area contributed by atoms with E-state index in [1.54, 1.807) is 0 Å². The number of aromatic nitrogens is 2. The van der Waals surface area contributed by atoms with Crippen LogP contribution in [0.3, 0.4) is 0 Å². The van der Waals surface area contributed by atoms with Gasteiger partial charge in [0.1, 0.15) is 5.75 Å². The molecular weight excluding hydrogens is 262 g/mol. The lowest BCUT2D eigenvalue weighted by Gasteiger charge is -2.10. The number of nitrogens with one attached hydrogen (secondary N) is 1. The second kappa shape index (κ2) is 7.72. The van der Waals surface area contributed by atoms with E-state index in [1.807, 2.05) is 19.1 Å². The average Bonchev–Trinajstić information content (AvgIpc) is 2.87. The number of hydrogen-bond donors (Lipinski definition) is 1. The molecule has 0 amide bonds. The molecule has 1 N–H and O–H groups in total. The summed E-state index contributed by atoms with van der Waals surface area (Å²) in [4.78, 5) is 4.55. The highest BCUT2D eigenvalue weighted by Crippen LogP contribution is 2.20. The fourth-order valence-electron chi connectivity index (χ4n) is 2.12. The van der Waals surface area contributed by atoms with Crippen molar-refractivity contribution in [3.8, 4) is 11.4 Å². The summed E-state index contributed by atoms with van der Waals surface area (Å²) >= 11 is 0. The third-order valence-electron chi connectivity index (χ3n) is 3.23. The Labute approximate surface area is 127 Å². The maximum absolute atomic E-state index is 5.62. The third kappa shape index (κ3) is 4.25. The van der Waals surface area contributed by atoms with E-state index in [9.17, 15) is 0 Å². The molecular formula is C17H25N3O. The molecule has 0 fully saturated rings. The predicted octanol–water partition coefficient (Wildman–Crippen LogP) is 4.18. The molecule has 21 heavy (non-hydrogen) atoms. The van der Waals surface area contributed by atoms with Gasteiger partial charge in [-0.25, -0.2) is 4.98 Å². The number of ether oxygens (including phenoxy) is 1. The van der Waals surface area contributed by atoms with Gasteiger partial charge >= 0.3 is 0 Å². The minimum Gasteiger partial charge on any atom is -0.494 e. The topological polar surface area (TPSA) is 39.1 Å². The maximum Gasteiger partial charge on any atom is 0.207 e. The van der Waals surface area contributed by atoms with Gasteiger partial charge in [0, 0.05) is 18.4 Å². The zero-order chi connectivity index (χ0) is 15.1. The minimum absolute atomic E-state index is 0.757. The fourth-order valence-corrected chi connectivity index (χ4v) is 2.12. The molecule has 2 rings (SSSR count). The van der Waals surface area contributed by atoms with Crippen molar-refractivity contribution in [3.05, 3.63) is 36.2 Å². The smallest absolute Gasteiger partial charge is 0.207 e. The first kappa shape index (κ1) is 15.4. The average molecular weight is 287 g/mol. The van der Waals surface area contributed by atoms with Crippen LogP contribution >= 0.6 is 0 Å². The van der Waals surface area contributed by atoms with E-state index in [0.29, 0.717) is 0 Å². The van der Waals surface area contributed by atoms with Crippen molar-refractivity contribution in [1.82, 2.24) is 9.55 Å². The molecule has 0 radical (unpaired) electrons. The maximum atomic E-state index is 5.62. The third-order valence-corrected chi connectivity index (χ3v) is 3.23. The Morgan fingerprint density at radius 3 is 2.57 bits per heavy atom. The highest BCUT2D eigenvalue weighted by atomic mass is 16.5. The molecule has 1 aromatic carbocycles. The first-order chi connectivity index (χ1) is 10.2. The van der Waals surface area contributed by atoms with Crippen molar-refractivity contribution < 1.29 is 4.74 Å². The molecule has 4 heteroatoms. The van der Waals surface area contributed by atoms with Gasteiger partial charge in [-0.2, -0.15) is 0 Å². The van der Waals surface area contributed by atoms with E-state index in [2.05, 4.69) is 47.0 Å². The summed E-state index contributed by atoms with van der Waals surface area (Å²) in [6.07, 6.45) is 5.40. The van der Waals surface area contributed by atoms with Crippen molar-refractivity contribution >= 4 is 5.95 Å². The number of anilines is 1. The van der Waals surface area contributed by atoms with Crippen LogP contribution in [0.15, 0.2) is 30.5 Å². The molecule has 0 spiro atoms. The van der Waals surface area contributed by atoms with Gasteiger partial charge in [-0.1, -0.05) is 20.3 Å². The lowest BCUT2D eigenvalue weighted by Crippen LogP contribution is -2.07. The molecule has 1 heterocycles. The molecule has 0 saturated carbocycles. The summed E-state index contributed by atoms with van der Waals surface area (Å²) in [6, 6.07) is 8.15. The summed E-state index contributed by atoms with van der Waals surface area (Å²) in [5.74, 6) is 1.82. The summed E-state index contributed by atoms with van der Waals surface area (Å²) in [6.45, 7) is 8.02. The summed E-state index contributed by atoms with van der Waals surface area (Å²) < 4.78 is 7.71. The molecule has 0 bridgehead atoms. The van der Waals surface area contributed by atoms with Crippen molar-refractivity contribution in [2.45, 2.75) is 40.0 Å². The molecule has 0 atom stereocenters. The number of unbranched alkanes of at least 4 members (excludes halogenated alkanes) is 1. The van der Waals surface area contributed by atoms with E-state index < -0.39 is 0 Å². The van der Waals surface area contributed by atoms with Crippen LogP contribution < -0.4 is 10.1 Å². The summed E-state index contributed by atoms with van der Waals surface area (Å²) in [7, 11) is 0. The van der Waals surface area contributed by atoms with E-state index in [4.69, 9.17) is 4.74 Å². The largest absolute Gasteiger partial charge is 0.494 e. The normalized spacial score (nSPS) is 10.6. The van der Waals surface area contributed by atoms with Crippen LogP contribution in [-0.2, 0) is 0 Å². The van der Waals surface area contributed by atoms with Crippen LogP contribution in [0.4, 0.5) is 5.95 Å². The van der Waals surface area contributed by atoms with Gasteiger partial charge in [0.05, 0.1) is 12.3 Å². The van der Waals surface area contributed by atoms with Crippen LogP contribution in [0.2, 0.25) is 0 Å². The van der Waals surface area contributed by atoms with Gasteiger partial charge in [0.25, 0.3) is 0 Å². The Morgan fingerprint density at radius 1 is 1.14 bits per heavy atom. The summed E-state index contributed by atoms with van der Waals surface area (Å²) in [5.41, 5.74) is 2.11. The van der Waals surface area contributed by atoms with Gasteiger partial charge in [-0.15, -0.1) is 0 Å². The zero-order valence-electron chi connectivity index (χ0n) is 13.2. The van der Waals surface area contributed by atoms with Crippen LogP contribution in [0, 0.1) is 6.92 Å². The molecule has 2 aromatic rings. The quantitative estimate of drug-likeness (QED) is 0.740. The fraction of sp³-hybridized carbons (Fsp3) is 0.471. The Hall–Kier alpha value is -1.97. The number of benzene rings is 1. The van der Waals surface area contributed by atoms with Gasteiger partial charge in [-0.3, -0.25) is 4.57 Å². The van der Waals surface area contributed by atoms with Crippen molar-refractivity contribution in [3.63, 3.8) is 0 Å². The second-order valence-electron chi connectivity index (χ2n) is 5.20. The number of imidazole rings is 1. The summed E-state index contributed by atoms with van der Waals surface area (Å²) in [5, 5.41) is 3.40. The highest BCUT2D eigenvalue weighted by Gasteiger charge is 2.07. The van der Waals surface area contributed by atoms with Crippen LogP contribution in [0.25, 0.3) is 5.69 Å². The molecule has 4 nitrogen and oxygen atoms in total. The number of rotatable bonds is 8. The lowest BCUT2D eigenvalue weighted by molar-refractivity contribution is 0.317. The molecule has 0 aliphatic heterocycles. The number of hydrogen-bond acceptors (Lipinski definition) is 3. The Morgan fingerprint density at radius 2 is 1.90 bits per heavy atom. The first-order valence-corrected chi connectivity index (χ1v) is 7.77. The van der Waals surface area contributed by atoms with Gasteiger partial charge < -0.3 is 10.1 Å². The molecule has 114 valence electrons. The van der Waals surface area contributed by atoms with Crippen LogP contribution in [0.5, 0.6) is 5.75 Å². The van der Waals surface area contributed by atoms with E-state index in [1.165, 1.54) is 6.42 Å². The second-order valence-corrected chi connectivity index (χ2v) is 5.20. The Bertz CT molecular complexity index is 546. The molecule has 0 saturated heterocycles. The highest BCUT2D eigenvalue weighted by molar-refractivity contribution is 5.45. The number of aryl methyl sites for hydroxylation is 1. The first-order valence-electron chi connectivity index (χ1n) is 7.77. The SMILES string of the molecule is CCCCNc1nc(C)cn1-c1ccc(OCCC)cc1. The predicted molar refractivity (Wildman–Crippen MR) is 87.5 cm³/mol. The minimum atomic E-state index is 0.757. The van der Waals surface area contributed by atoms with E-state index in [-0.39, 0.29) is 0 Å². The zero-order valence-corrected chi connectivity index (χ0v) is 13.2. The molecule has 0 aliphatic carbocycles. The van der Waals surface area contributed by atoms with Crippen molar-refractivity contribution in [2.75, 3.05) is 18.5 Å². The molecule has 0 aliphatic rings. The van der Waals surface area contributed by atoms with Crippen molar-refractivity contribution in [1.29, 1.82) is 0 Å². The van der Waals surface area contributed by atoms with Crippen LogP contribution in [-0.4, -0.2) is 22.7 Å². The standard InChI is InChI=1S/C17H25N3O/c1-4-6-11-18-17-19-14(3)13-20(17)15-7-9-16(10-8-15)21-12-5-2/h7-10,13H,4-6,11-12H2,1-3H3,(H,18,19). The van der Waals surface area contributed by atoms with Gasteiger partial charge in [0.2, 0.25) is 5.95 Å². The van der Waals surface area contributed by atoms with E-state index >= 15 is 0 Å².